The molecule has 4 nitrogen and oxygen atoms in total. The van der Waals surface area contributed by atoms with Crippen molar-refractivity contribution < 1.29 is 0 Å². The fraction of sp³-hybridized carbons (Fsp3) is 0.600. The first-order valence-corrected chi connectivity index (χ1v) is 5.38. The largest absolute Gasteiger partial charge is 0.305 e. The Hall–Kier alpha value is -0.870. The van der Waals surface area contributed by atoms with Crippen LogP contribution in [0, 0.1) is 5.92 Å². The zero-order chi connectivity index (χ0) is 11.3. The number of aromatic nitrogens is 3. The second-order valence-corrected chi connectivity index (χ2v) is 4.41. The van der Waals surface area contributed by atoms with Crippen molar-refractivity contribution in [3.8, 4) is 0 Å². The van der Waals surface area contributed by atoms with Crippen LogP contribution in [0.3, 0.4) is 0 Å². The molecule has 15 heavy (non-hydrogen) atoms. The molecule has 1 N–H and O–H groups in total. The molecule has 5 heteroatoms. The lowest BCUT2D eigenvalue weighted by atomic mass is 10.2. The summed E-state index contributed by atoms with van der Waals surface area (Å²) in [5, 5.41) is 7.91. The SMILES string of the molecule is C=C(Cl)CNCc1ncnn1CC(C)C. The van der Waals surface area contributed by atoms with Gasteiger partial charge in [0.2, 0.25) is 0 Å². The van der Waals surface area contributed by atoms with E-state index >= 15 is 0 Å². The molecule has 0 aliphatic heterocycles. The van der Waals surface area contributed by atoms with Crippen LogP contribution in [-0.2, 0) is 13.1 Å². The molecule has 0 atom stereocenters. The smallest absolute Gasteiger partial charge is 0.140 e. The molecule has 0 saturated heterocycles. The molecular formula is C10H17ClN4. The molecular weight excluding hydrogens is 212 g/mol. The minimum atomic E-state index is 0.563. The van der Waals surface area contributed by atoms with Gasteiger partial charge in [0.05, 0.1) is 6.54 Å². The Morgan fingerprint density at radius 2 is 2.40 bits per heavy atom. The summed E-state index contributed by atoms with van der Waals surface area (Å²) in [6.45, 7) is 10.1. The van der Waals surface area contributed by atoms with Gasteiger partial charge in [-0.15, -0.1) is 0 Å². The van der Waals surface area contributed by atoms with Gasteiger partial charge in [0.15, 0.2) is 0 Å². The molecule has 0 unspecified atom stereocenters. The van der Waals surface area contributed by atoms with E-state index in [9.17, 15) is 0 Å². The van der Waals surface area contributed by atoms with Gasteiger partial charge in [-0.2, -0.15) is 5.10 Å². The fourth-order valence-corrected chi connectivity index (χ4v) is 1.33. The van der Waals surface area contributed by atoms with Gasteiger partial charge in [-0.25, -0.2) is 9.67 Å². The lowest BCUT2D eigenvalue weighted by Crippen LogP contribution is -2.19. The minimum absolute atomic E-state index is 0.563. The van der Waals surface area contributed by atoms with Gasteiger partial charge in [0, 0.05) is 18.1 Å². The van der Waals surface area contributed by atoms with E-state index in [1.165, 1.54) is 0 Å². The van der Waals surface area contributed by atoms with E-state index in [1.54, 1.807) is 6.33 Å². The van der Waals surface area contributed by atoms with Crippen molar-refractivity contribution in [3.63, 3.8) is 0 Å². The highest BCUT2D eigenvalue weighted by Crippen LogP contribution is 2.01. The van der Waals surface area contributed by atoms with Crippen LogP contribution in [-0.4, -0.2) is 21.3 Å². The highest BCUT2D eigenvalue weighted by atomic mass is 35.5. The molecule has 0 aliphatic carbocycles. The van der Waals surface area contributed by atoms with Crippen molar-refractivity contribution in [1.82, 2.24) is 20.1 Å². The van der Waals surface area contributed by atoms with Crippen LogP contribution < -0.4 is 5.32 Å². The second-order valence-electron chi connectivity index (χ2n) is 3.87. The van der Waals surface area contributed by atoms with Crippen molar-refractivity contribution in [3.05, 3.63) is 23.8 Å². The molecule has 0 saturated carbocycles. The summed E-state index contributed by atoms with van der Waals surface area (Å²) in [4.78, 5) is 4.18. The van der Waals surface area contributed by atoms with E-state index in [0.717, 1.165) is 12.4 Å². The molecule has 0 aromatic carbocycles. The lowest BCUT2D eigenvalue weighted by molar-refractivity contribution is 0.460. The number of nitrogens with zero attached hydrogens (tertiary/aromatic N) is 3. The maximum atomic E-state index is 5.64. The lowest BCUT2D eigenvalue weighted by Gasteiger charge is -2.08. The summed E-state index contributed by atoms with van der Waals surface area (Å²) in [6, 6.07) is 0. The van der Waals surface area contributed by atoms with Crippen molar-refractivity contribution in [2.75, 3.05) is 6.54 Å². The Morgan fingerprint density at radius 3 is 3.00 bits per heavy atom. The van der Waals surface area contributed by atoms with Crippen LogP contribution in [0.1, 0.15) is 19.7 Å². The first-order valence-electron chi connectivity index (χ1n) is 5.00. The van der Waals surface area contributed by atoms with E-state index in [-0.39, 0.29) is 0 Å². The molecule has 1 aromatic heterocycles. The van der Waals surface area contributed by atoms with Gasteiger partial charge >= 0.3 is 0 Å². The highest BCUT2D eigenvalue weighted by Gasteiger charge is 2.05. The molecule has 0 radical (unpaired) electrons. The minimum Gasteiger partial charge on any atom is -0.305 e. The van der Waals surface area contributed by atoms with Crippen molar-refractivity contribution in [2.24, 2.45) is 5.92 Å². The standard InChI is InChI=1S/C10H17ClN4/c1-8(2)6-15-10(13-7-14-15)5-12-4-9(3)11/h7-8,12H,3-6H2,1-2H3. The third kappa shape index (κ3) is 4.44. The maximum absolute atomic E-state index is 5.64. The normalized spacial score (nSPS) is 10.9. The van der Waals surface area contributed by atoms with E-state index in [4.69, 9.17) is 11.6 Å². The number of hydrogen-bond acceptors (Lipinski definition) is 3. The summed E-state index contributed by atoms with van der Waals surface area (Å²) >= 11 is 5.64. The molecule has 1 heterocycles. The van der Waals surface area contributed by atoms with Crippen LogP contribution in [0.15, 0.2) is 17.9 Å². The predicted octanol–water partition coefficient (Wildman–Crippen LogP) is 1.78. The Morgan fingerprint density at radius 1 is 1.67 bits per heavy atom. The Kier molecular flexibility index (Phi) is 4.78. The quantitative estimate of drug-likeness (QED) is 0.807. The average Bonchev–Trinajstić information content (AvgIpc) is 2.51. The molecule has 0 bridgehead atoms. The number of halogens is 1. The zero-order valence-corrected chi connectivity index (χ0v) is 9.96. The van der Waals surface area contributed by atoms with Gasteiger partial charge in [-0.1, -0.05) is 32.0 Å². The van der Waals surface area contributed by atoms with Crippen LogP contribution in [0.5, 0.6) is 0 Å². The predicted molar refractivity (Wildman–Crippen MR) is 61.6 cm³/mol. The molecule has 1 aromatic rings. The molecule has 0 aliphatic rings. The van der Waals surface area contributed by atoms with Crippen molar-refractivity contribution in [1.29, 1.82) is 0 Å². The zero-order valence-electron chi connectivity index (χ0n) is 9.20. The summed E-state index contributed by atoms with van der Waals surface area (Å²) in [5.41, 5.74) is 0. The van der Waals surface area contributed by atoms with Crippen LogP contribution >= 0.6 is 11.6 Å². The van der Waals surface area contributed by atoms with Gasteiger partial charge < -0.3 is 5.32 Å². The number of rotatable bonds is 6. The third-order valence-electron chi connectivity index (χ3n) is 1.83. The van der Waals surface area contributed by atoms with Crippen LogP contribution in [0.25, 0.3) is 0 Å². The fourth-order valence-electron chi connectivity index (χ4n) is 1.23. The summed E-state index contributed by atoms with van der Waals surface area (Å²) in [6.07, 6.45) is 1.58. The van der Waals surface area contributed by atoms with E-state index in [1.807, 2.05) is 4.68 Å². The molecule has 1 rings (SSSR count). The van der Waals surface area contributed by atoms with E-state index < -0.39 is 0 Å². The number of nitrogens with one attached hydrogen (secondary N) is 1. The monoisotopic (exact) mass is 228 g/mol. The molecule has 0 spiro atoms. The number of hydrogen-bond donors (Lipinski definition) is 1. The average molecular weight is 229 g/mol. The van der Waals surface area contributed by atoms with Crippen LogP contribution in [0.2, 0.25) is 0 Å². The van der Waals surface area contributed by atoms with Gasteiger partial charge in [-0.05, 0) is 5.92 Å². The first kappa shape index (κ1) is 12.2. The highest BCUT2D eigenvalue weighted by molar-refractivity contribution is 6.29. The van der Waals surface area contributed by atoms with Gasteiger partial charge in [-0.3, -0.25) is 0 Å². The first-order chi connectivity index (χ1) is 7.09. The second kappa shape index (κ2) is 5.88. The van der Waals surface area contributed by atoms with Gasteiger partial charge in [0.25, 0.3) is 0 Å². The van der Waals surface area contributed by atoms with Gasteiger partial charge in [0.1, 0.15) is 12.2 Å². The molecule has 0 fully saturated rings. The van der Waals surface area contributed by atoms with E-state index in [0.29, 0.717) is 24.0 Å². The van der Waals surface area contributed by atoms with E-state index in [2.05, 4.69) is 35.8 Å². The summed E-state index contributed by atoms with van der Waals surface area (Å²) in [5.74, 6) is 1.50. The Labute approximate surface area is 95.3 Å². The topological polar surface area (TPSA) is 42.7 Å². The molecule has 0 amide bonds. The summed E-state index contributed by atoms with van der Waals surface area (Å²) in [7, 11) is 0. The third-order valence-corrected chi connectivity index (χ3v) is 1.97. The molecule has 84 valence electrons. The van der Waals surface area contributed by atoms with Crippen molar-refractivity contribution in [2.45, 2.75) is 26.9 Å². The Bertz CT molecular complexity index is 319. The Balaban J connectivity index is 2.46. The summed E-state index contributed by atoms with van der Waals surface area (Å²) < 4.78 is 1.91. The van der Waals surface area contributed by atoms with Crippen LogP contribution in [0.4, 0.5) is 0 Å². The van der Waals surface area contributed by atoms with Crippen molar-refractivity contribution >= 4 is 11.6 Å². The maximum Gasteiger partial charge on any atom is 0.140 e.